The first-order chi connectivity index (χ1) is 14.2. The first kappa shape index (κ1) is 17.6. The van der Waals surface area contributed by atoms with Crippen molar-refractivity contribution in [3.8, 4) is 11.1 Å². The number of carbonyl (C=O) groups is 1. The van der Waals surface area contributed by atoms with Crippen LogP contribution in [0.5, 0.6) is 0 Å². The third-order valence-corrected chi connectivity index (χ3v) is 5.72. The lowest BCUT2D eigenvalue weighted by atomic mass is 10.1. The van der Waals surface area contributed by atoms with Crippen LogP contribution in [0.2, 0.25) is 0 Å². The van der Waals surface area contributed by atoms with Gasteiger partial charge in [0.25, 0.3) is 0 Å². The molecule has 1 aliphatic rings. The minimum Gasteiger partial charge on any atom is -0.360 e. The molecule has 7 nitrogen and oxygen atoms in total. The molecule has 1 fully saturated rings. The predicted octanol–water partition coefficient (Wildman–Crippen LogP) is 3.43. The number of amides is 1. The summed E-state index contributed by atoms with van der Waals surface area (Å²) in [6, 6.07) is 14.1. The number of nitrogens with one attached hydrogen (secondary N) is 2. The van der Waals surface area contributed by atoms with E-state index in [9.17, 15) is 4.79 Å². The molecule has 5 rings (SSSR count). The highest BCUT2D eigenvalue weighted by atomic mass is 32.1. The number of hydrogen-bond donors (Lipinski definition) is 2. The highest BCUT2D eigenvalue weighted by molar-refractivity contribution is 7.22. The Labute approximate surface area is 171 Å². The predicted molar refractivity (Wildman–Crippen MR) is 116 cm³/mol. The van der Waals surface area contributed by atoms with E-state index in [1.807, 2.05) is 35.2 Å². The fourth-order valence-corrected chi connectivity index (χ4v) is 4.27. The molecule has 1 aromatic carbocycles. The van der Waals surface area contributed by atoms with E-state index in [0.29, 0.717) is 18.9 Å². The standard InChI is InChI=1S/C21H18N6OS/c28-20-13-27(10-9-24-20)16-5-8-23-19(12-16)26-21-25-17-2-1-15(11-18(17)29-21)14-3-6-22-7-4-14/h1-8,11-12H,9-10,13H2,(H,24,28)(H,23,25,26). The molecular weight excluding hydrogens is 384 g/mol. The average Bonchev–Trinajstić information content (AvgIpc) is 3.16. The van der Waals surface area contributed by atoms with E-state index in [1.54, 1.807) is 29.9 Å². The number of thiazole rings is 1. The van der Waals surface area contributed by atoms with E-state index in [-0.39, 0.29) is 5.91 Å². The Kier molecular flexibility index (Phi) is 4.53. The maximum Gasteiger partial charge on any atom is 0.239 e. The summed E-state index contributed by atoms with van der Waals surface area (Å²) in [5.74, 6) is 0.751. The van der Waals surface area contributed by atoms with Gasteiger partial charge in [-0.25, -0.2) is 9.97 Å². The Balaban J connectivity index is 1.39. The minimum atomic E-state index is 0.0405. The molecule has 0 aliphatic carbocycles. The van der Waals surface area contributed by atoms with Crippen LogP contribution in [0.4, 0.5) is 16.6 Å². The van der Waals surface area contributed by atoms with Crippen molar-refractivity contribution in [3.63, 3.8) is 0 Å². The van der Waals surface area contributed by atoms with Gasteiger partial charge in [0.05, 0.1) is 16.8 Å². The van der Waals surface area contributed by atoms with Crippen molar-refractivity contribution in [3.05, 3.63) is 61.1 Å². The zero-order valence-corrected chi connectivity index (χ0v) is 16.3. The Bertz CT molecular complexity index is 1180. The zero-order valence-electron chi connectivity index (χ0n) is 15.5. The molecule has 8 heteroatoms. The van der Waals surface area contributed by atoms with E-state index < -0.39 is 0 Å². The summed E-state index contributed by atoms with van der Waals surface area (Å²) < 4.78 is 1.10. The van der Waals surface area contributed by atoms with Gasteiger partial charge >= 0.3 is 0 Å². The first-order valence-corrected chi connectivity index (χ1v) is 10.1. The topological polar surface area (TPSA) is 83.0 Å². The molecule has 0 unspecified atom stereocenters. The minimum absolute atomic E-state index is 0.0405. The van der Waals surface area contributed by atoms with Gasteiger partial charge in [-0.2, -0.15) is 0 Å². The van der Waals surface area contributed by atoms with Crippen molar-refractivity contribution in [1.82, 2.24) is 20.3 Å². The lowest BCUT2D eigenvalue weighted by Gasteiger charge is -2.28. The molecule has 2 N–H and O–H groups in total. The highest BCUT2D eigenvalue weighted by Crippen LogP contribution is 2.32. The molecule has 1 saturated heterocycles. The van der Waals surface area contributed by atoms with E-state index >= 15 is 0 Å². The number of nitrogens with zero attached hydrogens (tertiary/aromatic N) is 4. The molecule has 4 heterocycles. The van der Waals surface area contributed by atoms with Gasteiger partial charge in [-0.1, -0.05) is 17.4 Å². The van der Waals surface area contributed by atoms with E-state index in [4.69, 9.17) is 0 Å². The molecule has 1 aliphatic heterocycles. The zero-order chi connectivity index (χ0) is 19.6. The summed E-state index contributed by atoms with van der Waals surface area (Å²) in [6.07, 6.45) is 5.34. The average molecular weight is 402 g/mol. The van der Waals surface area contributed by atoms with Crippen molar-refractivity contribution < 1.29 is 4.79 Å². The third kappa shape index (κ3) is 3.74. The van der Waals surface area contributed by atoms with E-state index in [1.165, 1.54) is 0 Å². The molecule has 0 spiro atoms. The maximum absolute atomic E-state index is 11.7. The van der Waals surface area contributed by atoms with Gasteiger partial charge in [0.2, 0.25) is 5.91 Å². The number of rotatable bonds is 4. The van der Waals surface area contributed by atoms with Gasteiger partial charge in [0.1, 0.15) is 5.82 Å². The second kappa shape index (κ2) is 7.48. The number of piperazine rings is 1. The van der Waals surface area contributed by atoms with Gasteiger partial charge in [0, 0.05) is 43.4 Å². The van der Waals surface area contributed by atoms with Crippen molar-refractivity contribution in [1.29, 1.82) is 0 Å². The van der Waals surface area contributed by atoms with E-state index in [2.05, 4.69) is 37.7 Å². The summed E-state index contributed by atoms with van der Waals surface area (Å²) in [4.78, 5) is 26.9. The molecule has 0 saturated carbocycles. The molecular formula is C21H18N6OS. The Morgan fingerprint density at radius 3 is 2.79 bits per heavy atom. The summed E-state index contributed by atoms with van der Waals surface area (Å²) in [7, 11) is 0. The number of carbonyl (C=O) groups excluding carboxylic acids is 1. The molecule has 0 radical (unpaired) electrons. The van der Waals surface area contributed by atoms with Crippen molar-refractivity contribution in [2.24, 2.45) is 0 Å². The maximum atomic E-state index is 11.7. The van der Waals surface area contributed by atoms with Gasteiger partial charge in [0.15, 0.2) is 5.13 Å². The van der Waals surface area contributed by atoms with Crippen LogP contribution in [0.25, 0.3) is 21.3 Å². The van der Waals surface area contributed by atoms with Crippen LogP contribution in [0.1, 0.15) is 0 Å². The smallest absolute Gasteiger partial charge is 0.239 e. The monoisotopic (exact) mass is 402 g/mol. The van der Waals surface area contributed by atoms with Crippen LogP contribution < -0.4 is 15.5 Å². The molecule has 4 aromatic rings. The lowest BCUT2D eigenvalue weighted by Crippen LogP contribution is -2.47. The second-order valence-electron chi connectivity index (χ2n) is 6.73. The van der Waals surface area contributed by atoms with Crippen LogP contribution in [0, 0.1) is 0 Å². The third-order valence-electron chi connectivity index (χ3n) is 4.78. The second-order valence-corrected chi connectivity index (χ2v) is 7.76. The fourth-order valence-electron chi connectivity index (χ4n) is 3.35. The normalized spacial score (nSPS) is 14.1. The van der Waals surface area contributed by atoms with Gasteiger partial charge in [-0.15, -0.1) is 0 Å². The van der Waals surface area contributed by atoms with Gasteiger partial charge < -0.3 is 15.5 Å². The van der Waals surface area contributed by atoms with Crippen LogP contribution in [-0.2, 0) is 4.79 Å². The number of benzene rings is 1. The number of aromatic nitrogens is 3. The molecule has 29 heavy (non-hydrogen) atoms. The summed E-state index contributed by atoms with van der Waals surface area (Å²) in [5.41, 5.74) is 4.18. The van der Waals surface area contributed by atoms with E-state index in [0.717, 1.165) is 38.7 Å². The lowest BCUT2D eigenvalue weighted by molar-refractivity contribution is -0.120. The molecule has 1 amide bonds. The Hall–Kier alpha value is -3.52. The van der Waals surface area contributed by atoms with Crippen molar-refractivity contribution in [2.75, 3.05) is 29.9 Å². The largest absolute Gasteiger partial charge is 0.360 e. The van der Waals surface area contributed by atoms with Crippen LogP contribution in [0.15, 0.2) is 61.1 Å². The van der Waals surface area contributed by atoms with Crippen molar-refractivity contribution >= 4 is 44.1 Å². The van der Waals surface area contributed by atoms with Gasteiger partial charge in [-0.05, 0) is 41.5 Å². The van der Waals surface area contributed by atoms with Gasteiger partial charge in [-0.3, -0.25) is 9.78 Å². The van der Waals surface area contributed by atoms with Crippen LogP contribution in [0.3, 0.4) is 0 Å². The Morgan fingerprint density at radius 1 is 1.03 bits per heavy atom. The quantitative estimate of drug-likeness (QED) is 0.544. The Morgan fingerprint density at radius 2 is 1.93 bits per heavy atom. The molecule has 3 aromatic heterocycles. The number of anilines is 3. The number of fused-ring (bicyclic) bond motifs is 1. The summed E-state index contributed by atoms with van der Waals surface area (Å²) in [5, 5.41) is 6.93. The first-order valence-electron chi connectivity index (χ1n) is 9.30. The molecule has 0 bridgehead atoms. The molecule has 0 atom stereocenters. The number of hydrogen-bond acceptors (Lipinski definition) is 7. The van der Waals surface area contributed by atoms with Crippen molar-refractivity contribution in [2.45, 2.75) is 0 Å². The number of pyridine rings is 2. The summed E-state index contributed by atoms with van der Waals surface area (Å²) in [6.45, 7) is 1.80. The molecule has 144 valence electrons. The van der Waals surface area contributed by atoms with Crippen LogP contribution >= 0.6 is 11.3 Å². The summed E-state index contributed by atoms with van der Waals surface area (Å²) >= 11 is 1.59. The van der Waals surface area contributed by atoms with Crippen LogP contribution in [-0.4, -0.2) is 40.5 Å². The SMILES string of the molecule is O=C1CN(c2ccnc(Nc3nc4ccc(-c5ccncc5)cc4s3)c2)CCN1. The highest BCUT2D eigenvalue weighted by Gasteiger charge is 2.17. The fraction of sp³-hybridized carbons (Fsp3) is 0.143.